The number of fused-ring (bicyclic) bond motifs is 1. The van der Waals surface area contributed by atoms with Crippen LogP contribution < -0.4 is 5.73 Å². The second-order valence-electron chi connectivity index (χ2n) is 7.42. The number of benzene rings is 1. The first-order valence-corrected chi connectivity index (χ1v) is 8.67. The van der Waals surface area contributed by atoms with E-state index in [1.165, 1.54) is 10.7 Å². The zero-order valence-electron chi connectivity index (χ0n) is 14.7. The van der Waals surface area contributed by atoms with Crippen LogP contribution in [0.3, 0.4) is 0 Å². The maximum Gasteiger partial charge on any atom is 0.359 e. The molecule has 2 aliphatic rings. The van der Waals surface area contributed by atoms with Crippen molar-refractivity contribution >= 4 is 11.9 Å². The molecule has 2 heterocycles. The summed E-state index contributed by atoms with van der Waals surface area (Å²) in [6.45, 7) is 4.77. The van der Waals surface area contributed by atoms with Gasteiger partial charge in [0.2, 0.25) is 0 Å². The molecule has 2 N–H and O–H groups in total. The Morgan fingerprint density at radius 1 is 1.31 bits per heavy atom. The zero-order chi connectivity index (χ0) is 18.5. The standard InChI is InChI=1S/C19H21N3O4/c1-19(2)15-12(8-9-25-15)16(19)26-18(24)13-10-14(17(20)23)22(21-13)11-6-4-3-5-7-11/h3-7,10,12,15-16H,8-9H2,1-2H3,(H2,20,23)/t12-,15+,16-/m0/s1. The molecule has 1 aromatic carbocycles. The lowest BCUT2D eigenvalue weighted by Gasteiger charge is -2.52. The number of para-hydroxylation sites is 1. The number of aromatic nitrogens is 2. The van der Waals surface area contributed by atoms with Gasteiger partial charge >= 0.3 is 5.97 Å². The van der Waals surface area contributed by atoms with Crippen molar-refractivity contribution in [1.82, 2.24) is 9.78 Å². The first-order chi connectivity index (χ1) is 12.4. The van der Waals surface area contributed by atoms with Gasteiger partial charge in [-0.25, -0.2) is 9.48 Å². The summed E-state index contributed by atoms with van der Waals surface area (Å²) in [6.07, 6.45) is 0.793. The number of carbonyl (C=O) groups excluding carboxylic acids is 2. The van der Waals surface area contributed by atoms with E-state index in [4.69, 9.17) is 15.2 Å². The molecule has 26 heavy (non-hydrogen) atoms. The summed E-state index contributed by atoms with van der Waals surface area (Å²) in [5.74, 6) is -0.986. The summed E-state index contributed by atoms with van der Waals surface area (Å²) in [5, 5.41) is 4.26. The van der Waals surface area contributed by atoms with Gasteiger partial charge in [0.25, 0.3) is 5.91 Å². The number of hydrogen-bond donors (Lipinski definition) is 1. The third-order valence-corrected chi connectivity index (χ3v) is 5.40. The lowest BCUT2D eigenvalue weighted by atomic mass is 9.59. The molecule has 1 aliphatic heterocycles. The summed E-state index contributed by atoms with van der Waals surface area (Å²) in [5.41, 5.74) is 6.07. The second kappa shape index (κ2) is 5.95. The Hall–Kier alpha value is -2.67. The van der Waals surface area contributed by atoms with E-state index in [1.54, 1.807) is 12.1 Å². The first kappa shape index (κ1) is 16.8. The average molecular weight is 355 g/mol. The lowest BCUT2D eigenvalue weighted by Crippen LogP contribution is -2.61. The molecular weight excluding hydrogens is 334 g/mol. The Kier molecular flexibility index (Phi) is 3.84. The van der Waals surface area contributed by atoms with E-state index in [-0.39, 0.29) is 34.9 Å². The molecule has 7 nitrogen and oxygen atoms in total. The predicted octanol–water partition coefficient (Wildman–Crippen LogP) is 1.94. The highest BCUT2D eigenvalue weighted by molar-refractivity contribution is 5.95. The van der Waals surface area contributed by atoms with Crippen LogP contribution in [-0.2, 0) is 9.47 Å². The molecule has 0 bridgehead atoms. The Labute approximate surface area is 151 Å². The average Bonchev–Trinajstić information content (AvgIpc) is 3.26. The van der Waals surface area contributed by atoms with Gasteiger partial charge in [-0.1, -0.05) is 32.0 Å². The smallest absolute Gasteiger partial charge is 0.359 e. The van der Waals surface area contributed by atoms with E-state index in [0.717, 1.165) is 6.42 Å². The summed E-state index contributed by atoms with van der Waals surface area (Å²) >= 11 is 0. The van der Waals surface area contributed by atoms with E-state index >= 15 is 0 Å². The quantitative estimate of drug-likeness (QED) is 0.846. The highest BCUT2D eigenvalue weighted by Gasteiger charge is 2.61. The number of hydrogen-bond acceptors (Lipinski definition) is 5. The fourth-order valence-electron chi connectivity index (χ4n) is 4.12. The maximum atomic E-state index is 12.7. The molecule has 1 saturated carbocycles. The number of ether oxygens (including phenoxy) is 2. The predicted molar refractivity (Wildman–Crippen MR) is 92.9 cm³/mol. The minimum absolute atomic E-state index is 0.0702. The molecule has 4 rings (SSSR count). The monoisotopic (exact) mass is 355 g/mol. The van der Waals surface area contributed by atoms with Crippen molar-refractivity contribution in [3.8, 4) is 5.69 Å². The number of nitrogens with two attached hydrogens (primary N) is 1. The van der Waals surface area contributed by atoms with Crippen molar-refractivity contribution in [2.24, 2.45) is 17.1 Å². The highest BCUT2D eigenvalue weighted by atomic mass is 16.6. The Morgan fingerprint density at radius 2 is 2.04 bits per heavy atom. The summed E-state index contributed by atoms with van der Waals surface area (Å²) in [6, 6.07) is 10.4. The minimum Gasteiger partial charge on any atom is -0.457 e. The second-order valence-corrected chi connectivity index (χ2v) is 7.42. The van der Waals surface area contributed by atoms with E-state index in [1.807, 2.05) is 32.0 Å². The fourth-order valence-corrected chi connectivity index (χ4v) is 4.12. The number of carbonyl (C=O) groups is 2. The summed E-state index contributed by atoms with van der Waals surface area (Å²) < 4.78 is 12.8. The van der Waals surface area contributed by atoms with Gasteiger partial charge in [0.05, 0.1) is 11.8 Å². The zero-order valence-corrected chi connectivity index (χ0v) is 14.7. The number of amides is 1. The van der Waals surface area contributed by atoms with Crippen LogP contribution in [0.25, 0.3) is 5.69 Å². The Bertz CT molecular complexity index is 859. The molecule has 1 saturated heterocycles. The molecule has 0 unspecified atom stereocenters. The molecule has 0 spiro atoms. The van der Waals surface area contributed by atoms with E-state index in [9.17, 15) is 9.59 Å². The van der Waals surface area contributed by atoms with Crippen LogP contribution in [0.5, 0.6) is 0 Å². The van der Waals surface area contributed by atoms with Gasteiger partial charge in [-0.05, 0) is 18.6 Å². The summed E-state index contributed by atoms with van der Waals surface area (Å²) in [4.78, 5) is 24.4. The minimum atomic E-state index is -0.659. The van der Waals surface area contributed by atoms with Crippen LogP contribution in [0, 0.1) is 11.3 Å². The van der Waals surface area contributed by atoms with Gasteiger partial charge < -0.3 is 15.2 Å². The highest BCUT2D eigenvalue weighted by Crippen LogP contribution is 2.53. The molecule has 136 valence electrons. The van der Waals surface area contributed by atoms with Crippen LogP contribution >= 0.6 is 0 Å². The molecule has 3 atom stereocenters. The van der Waals surface area contributed by atoms with Crippen molar-refractivity contribution in [2.75, 3.05) is 6.61 Å². The molecule has 2 aromatic rings. The third-order valence-electron chi connectivity index (χ3n) is 5.40. The van der Waals surface area contributed by atoms with Gasteiger partial charge in [0.15, 0.2) is 5.69 Å². The van der Waals surface area contributed by atoms with Crippen LogP contribution in [0.2, 0.25) is 0 Å². The van der Waals surface area contributed by atoms with Crippen molar-refractivity contribution in [1.29, 1.82) is 0 Å². The normalized spacial score (nSPS) is 26.0. The number of esters is 1. The molecule has 1 amide bonds. The number of rotatable bonds is 4. The van der Waals surface area contributed by atoms with Crippen LogP contribution in [-0.4, -0.2) is 40.5 Å². The largest absolute Gasteiger partial charge is 0.457 e. The van der Waals surface area contributed by atoms with Crippen molar-refractivity contribution < 1.29 is 19.1 Å². The van der Waals surface area contributed by atoms with Gasteiger partial charge in [-0.3, -0.25) is 4.79 Å². The third kappa shape index (κ3) is 2.50. The van der Waals surface area contributed by atoms with Crippen molar-refractivity contribution in [3.63, 3.8) is 0 Å². The van der Waals surface area contributed by atoms with Gasteiger partial charge in [-0.15, -0.1) is 0 Å². The topological polar surface area (TPSA) is 96.4 Å². The Morgan fingerprint density at radius 3 is 2.73 bits per heavy atom. The van der Waals surface area contributed by atoms with E-state index < -0.39 is 11.9 Å². The summed E-state index contributed by atoms with van der Waals surface area (Å²) in [7, 11) is 0. The molecular formula is C19H21N3O4. The van der Waals surface area contributed by atoms with Crippen LogP contribution in [0.15, 0.2) is 36.4 Å². The molecule has 0 radical (unpaired) electrons. The van der Waals surface area contributed by atoms with Gasteiger partial charge in [0, 0.05) is 24.0 Å². The van der Waals surface area contributed by atoms with E-state index in [0.29, 0.717) is 12.3 Å². The number of nitrogens with zero attached hydrogens (tertiary/aromatic N) is 2. The van der Waals surface area contributed by atoms with Gasteiger partial charge in [0.1, 0.15) is 11.8 Å². The van der Waals surface area contributed by atoms with Crippen molar-refractivity contribution in [3.05, 3.63) is 47.8 Å². The first-order valence-electron chi connectivity index (χ1n) is 8.67. The Balaban J connectivity index is 1.60. The van der Waals surface area contributed by atoms with Crippen molar-refractivity contribution in [2.45, 2.75) is 32.5 Å². The molecule has 2 fully saturated rings. The molecule has 7 heteroatoms. The van der Waals surface area contributed by atoms with Gasteiger partial charge in [-0.2, -0.15) is 5.10 Å². The molecule has 1 aliphatic carbocycles. The van der Waals surface area contributed by atoms with Crippen LogP contribution in [0.1, 0.15) is 41.2 Å². The number of primary amides is 1. The molecule has 1 aromatic heterocycles. The lowest BCUT2D eigenvalue weighted by molar-refractivity contribution is -0.183. The SMILES string of the molecule is CC1(C)[C@@H]2OCC[C@@H]2[C@@H]1OC(=O)c1cc(C(N)=O)n(-c2ccccc2)n1. The van der Waals surface area contributed by atoms with Crippen LogP contribution in [0.4, 0.5) is 0 Å². The van der Waals surface area contributed by atoms with E-state index in [2.05, 4.69) is 5.10 Å². The fraction of sp³-hybridized carbons (Fsp3) is 0.421. The maximum absolute atomic E-state index is 12.7.